The van der Waals surface area contributed by atoms with Crippen molar-refractivity contribution in [1.29, 1.82) is 0 Å². The lowest BCUT2D eigenvalue weighted by molar-refractivity contribution is -0.133. The van der Waals surface area contributed by atoms with Crippen molar-refractivity contribution in [2.24, 2.45) is 0 Å². The number of amides is 1. The topological polar surface area (TPSA) is 51.5 Å². The first-order valence-corrected chi connectivity index (χ1v) is 9.29. The summed E-state index contributed by atoms with van der Waals surface area (Å²) >= 11 is 0. The Hall–Kier alpha value is -3.08. The highest BCUT2D eigenvalue weighted by Crippen LogP contribution is 2.22. The fourth-order valence-corrected chi connectivity index (χ4v) is 3.57. The summed E-state index contributed by atoms with van der Waals surface area (Å²) in [6.07, 6.45) is 2.04. The minimum atomic E-state index is -0.463. The molecule has 138 valence electrons. The highest BCUT2D eigenvalue weighted by molar-refractivity contribution is 5.96. The molecule has 0 spiro atoms. The van der Waals surface area contributed by atoms with Gasteiger partial charge in [-0.05, 0) is 30.5 Å². The van der Waals surface area contributed by atoms with Crippen LogP contribution < -0.4 is 0 Å². The predicted molar refractivity (Wildman–Crippen MR) is 104 cm³/mol. The molecule has 1 aliphatic heterocycles. The van der Waals surface area contributed by atoms with Gasteiger partial charge in [-0.25, -0.2) is 4.79 Å². The number of carbonyl (C=O) groups excluding carboxylic acids is 2. The molecule has 1 aromatic heterocycles. The van der Waals surface area contributed by atoms with Gasteiger partial charge in [-0.15, -0.1) is 0 Å². The summed E-state index contributed by atoms with van der Waals surface area (Å²) < 4.78 is 7.31. The average molecular weight is 362 g/mol. The zero-order chi connectivity index (χ0) is 18.6. The van der Waals surface area contributed by atoms with E-state index in [0.29, 0.717) is 12.2 Å². The van der Waals surface area contributed by atoms with E-state index >= 15 is 0 Å². The normalized spacial score (nSPS) is 13.9. The molecule has 4 rings (SSSR count). The van der Waals surface area contributed by atoms with Crippen LogP contribution in [-0.2, 0) is 16.1 Å². The van der Waals surface area contributed by atoms with E-state index in [1.54, 1.807) is 4.90 Å². The van der Waals surface area contributed by atoms with E-state index < -0.39 is 5.97 Å². The van der Waals surface area contributed by atoms with Crippen molar-refractivity contribution in [2.45, 2.75) is 19.4 Å². The van der Waals surface area contributed by atoms with Gasteiger partial charge < -0.3 is 14.2 Å². The molecule has 0 aliphatic carbocycles. The van der Waals surface area contributed by atoms with Crippen molar-refractivity contribution in [3.05, 3.63) is 71.9 Å². The van der Waals surface area contributed by atoms with Gasteiger partial charge in [0.15, 0.2) is 6.61 Å². The number of hydrogen-bond donors (Lipinski definition) is 0. The fourth-order valence-electron chi connectivity index (χ4n) is 3.57. The standard InChI is InChI=1S/C22H22N2O3/c25-21(23-12-6-7-13-23)16-27-22(26)20-14-18-10-4-5-11-19(18)24(20)15-17-8-2-1-3-9-17/h1-5,8-11,14H,6-7,12-13,15-16H2. The fraction of sp³-hybridized carbons (Fsp3) is 0.273. The van der Waals surface area contributed by atoms with Crippen LogP contribution in [0, 0.1) is 0 Å². The Kier molecular flexibility index (Phi) is 4.92. The molecule has 0 bridgehead atoms. The zero-order valence-electron chi connectivity index (χ0n) is 15.1. The Morgan fingerprint density at radius 1 is 0.926 bits per heavy atom. The number of rotatable bonds is 5. The van der Waals surface area contributed by atoms with Gasteiger partial charge in [-0.1, -0.05) is 48.5 Å². The van der Waals surface area contributed by atoms with E-state index in [4.69, 9.17) is 4.74 Å². The lowest BCUT2D eigenvalue weighted by Crippen LogP contribution is -2.32. The lowest BCUT2D eigenvalue weighted by atomic mass is 10.2. The molecule has 0 atom stereocenters. The number of fused-ring (bicyclic) bond motifs is 1. The minimum Gasteiger partial charge on any atom is -0.451 e. The van der Waals surface area contributed by atoms with Crippen molar-refractivity contribution >= 4 is 22.8 Å². The molecule has 1 aliphatic rings. The molecular weight excluding hydrogens is 340 g/mol. The first kappa shape index (κ1) is 17.3. The molecule has 2 heterocycles. The number of ether oxygens (including phenoxy) is 1. The maximum Gasteiger partial charge on any atom is 0.355 e. The summed E-state index contributed by atoms with van der Waals surface area (Å²) in [5.74, 6) is -0.582. The van der Waals surface area contributed by atoms with Crippen molar-refractivity contribution < 1.29 is 14.3 Å². The third-order valence-corrected chi connectivity index (χ3v) is 4.99. The third-order valence-electron chi connectivity index (χ3n) is 4.99. The van der Waals surface area contributed by atoms with Crippen LogP contribution in [0.1, 0.15) is 28.9 Å². The van der Waals surface area contributed by atoms with Gasteiger partial charge in [-0.3, -0.25) is 4.79 Å². The van der Waals surface area contributed by atoms with Gasteiger partial charge in [0.1, 0.15) is 5.69 Å². The van der Waals surface area contributed by atoms with Crippen LogP contribution in [0.2, 0.25) is 0 Å². The number of nitrogens with zero attached hydrogens (tertiary/aromatic N) is 2. The number of carbonyl (C=O) groups is 2. The van der Waals surface area contributed by atoms with E-state index in [9.17, 15) is 9.59 Å². The molecular formula is C22H22N2O3. The second kappa shape index (κ2) is 7.66. The number of benzene rings is 2. The Labute approximate surface area is 158 Å². The van der Waals surface area contributed by atoms with Crippen molar-refractivity contribution in [3.8, 4) is 0 Å². The summed E-state index contributed by atoms with van der Waals surface area (Å²) in [5, 5.41) is 0.978. The van der Waals surface area contributed by atoms with Crippen LogP contribution in [0.4, 0.5) is 0 Å². The zero-order valence-corrected chi connectivity index (χ0v) is 15.1. The predicted octanol–water partition coefficient (Wildman–Crippen LogP) is 3.47. The molecule has 2 aromatic carbocycles. The molecule has 5 nitrogen and oxygen atoms in total. The van der Waals surface area contributed by atoms with Gasteiger partial charge in [0.2, 0.25) is 0 Å². The monoisotopic (exact) mass is 362 g/mol. The van der Waals surface area contributed by atoms with Gasteiger partial charge in [-0.2, -0.15) is 0 Å². The Morgan fingerprint density at radius 2 is 1.63 bits per heavy atom. The molecule has 0 saturated carbocycles. The largest absolute Gasteiger partial charge is 0.451 e. The lowest BCUT2D eigenvalue weighted by Gasteiger charge is -2.15. The van der Waals surface area contributed by atoms with Gasteiger partial charge in [0.05, 0.1) is 0 Å². The Balaban J connectivity index is 1.57. The summed E-state index contributed by atoms with van der Waals surface area (Å²) in [7, 11) is 0. The average Bonchev–Trinajstić information content (AvgIpc) is 3.36. The highest BCUT2D eigenvalue weighted by atomic mass is 16.5. The van der Waals surface area contributed by atoms with Crippen LogP contribution >= 0.6 is 0 Å². The summed E-state index contributed by atoms with van der Waals surface area (Å²) in [6.45, 7) is 1.87. The maximum atomic E-state index is 12.7. The molecule has 0 unspecified atom stereocenters. The van der Waals surface area contributed by atoms with Crippen LogP contribution in [-0.4, -0.2) is 41.0 Å². The molecule has 27 heavy (non-hydrogen) atoms. The molecule has 1 saturated heterocycles. The molecule has 0 N–H and O–H groups in total. The van der Waals surface area contributed by atoms with Gasteiger partial charge >= 0.3 is 5.97 Å². The van der Waals surface area contributed by atoms with E-state index in [2.05, 4.69) is 0 Å². The van der Waals surface area contributed by atoms with Crippen molar-refractivity contribution in [1.82, 2.24) is 9.47 Å². The maximum absolute atomic E-state index is 12.7. The van der Waals surface area contributed by atoms with Crippen LogP contribution in [0.15, 0.2) is 60.7 Å². The van der Waals surface area contributed by atoms with Gasteiger partial charge in [0, 0.05) is 30.5 Å². The minimum absolute atomic E-state index is 0.119. The van der Waals surface area contributed by atoms with E-state index in [1.807, 2.05) is 65.2 Å². The van der Waals surface area contributed by atoms with Crippen molar-refractivity contribution in [2.75, 3.05) is 19.7 Å². The summed E-state index contributed by atoms with van der Waals surface area (Å²) in [6, 6.07) is 19.7. The Bertz CT molecular complexity index is 956. The molecule has 0 radical (unpaired) electrons. The number of hydrogen-bond acceptors (Lipinski definition) is 3. The van der Waals surface area contributed by atoms with Crippen LogP contribution in [0.25, 0.3) is 10.9 Å². The van der Waals surface area contributed by atoms with E-state index in [0.717, 1.165) is 42.4 Å². The smallest absolute Gasteiger partial charge is 0.355 e. The number of esters is 1. The molecule has 3 aromatic rings. The summed E-state index contributed by atoms with van der Waals surface area (Å²) in [5.41, 5.74) is 2.54. The Morgan fingerprint density at radius 3 is 2.41 bits per heavy atom. The quantitative estimate of drug-likeness (QED) is 0.653. The van der Waals surface area contributed by atoms with Crippen molar-refractivity contribution in [3.63, 3.8) is 0 Å². The van der Waals surface area contributed by atoms with E-state index in [1.165, 1.54) is 0 Å². The molecule has 5 heteroatoms. The highest BCUT2D eigenvalue weighted by Gasteiger charge is 2.22. The van der Waals surface area contributed by atoms with Crippen LogP contribution in [0.5, 0.6) is 0 Å². The number of likely N-dealkylation sites (tertiary alicyclic amines) is 1. The second-order valence-electron chi connectivity index (χ2n) is 6.82. The van der Waals surface area contributed by atoms with Gasteiger partial charge in [0.25, 0.3) is 5.91 Å². The first-order valence-electron chi connectivity index (χ1n) is 9.29. The van der Waals surface area contributed by atoms with Crippen LogP contribution in [0.3, 0.4) is 0 Å². The number of aromatic nitrogens is 1. The summed E-state index contributed by atoms with van der Waals surface area (Å²) in [4.78, 5) is 26.7. The van der Waals surface area contributed by atoms with E-state index in [-0.39, 0.29) is 12.5 Å². The first-order chi connectivity index (χ1) is 13.2. The molecule has 1 fully saturated rings. The SMILES string of the molecule is O=C(OCC(=O)N1CCCC1)c1cc2ccccc2n1Cc1ccccc1. The second-order valence-corrected chi connectivity index (χ2v) is 6.82. The number of para-hydroxylation sites is 1. The molecule has 1 amide bonds. The third kappa shape index (κ3) is 3.72.